The van der Waals surface area contributed by atoms with Gasteiger partial charge in [-0.25, -0.2) is 9.97 Å². The Hall–Kier alpha value is -2.96. The largest absolute Gasteiger partial charge is 0.493 e. The number of halogens is 2. The van der Waals surface area contributed by atoms with Crippen LogP contribution in [0.15, 0.2) is 61.6 Å². The number of nitrogens with zero attached hydrogens (tertiary/aromatic N) is 3. The molecule has 2 heterocycles. The molecular weight excluding hydrogens is 423 g/mol. The first kappa shape index (κ1) is 20.3. The number of benzene rings is 2. The molecule has 0 amide bonds. The van der Waals surface area contributed by atoms with Crippen LogP contribution >= 0.6 is 23.2 Å². The van der Waals surface area contributed by atoms with Gasteiger partial charge in [-0.2, -0.15) is 0 Å². The SMILES string of the molecule is C=CC(=C)N1CC(Oc2cc3c(Nc4ccc(Cl)c(Cl)c4)ncnc3cc2OC)C1. The number of likely N-dealkylation sites (tertiary alicyclic amines) is 1. The molecule has 0 spiro atoms. The molecule has 1 saturated heterocycles. The molecule has 0 bridgehead atoms. The number of rotatable bonds is 7. The average molecular weight is 443 g/mol. The summed E-state index contributed by atoms with van der Waals surface area (Å²) in [4.78, 5) is 10.8. The van der Waals surface area contributed by atoms with Gasteiger partial charge < -0.3 is 19.7 Å². The Morgan fingerprint density at radius 2 is 1.97 bits per heavy atom. The summed E-state index contributed by atoms with van der Waals surface area (Å²) < 4.78 is 11.7. The molecule has 0 aliphatic carbocycles. The maximum absolute atomic E-state index is 6.18. The highest BCUT2D eigenvalue weighted by Crippen LogP contribution is 2.36. The van der Waals surface area contributed by atoms with Crippen LogP contribution in [0.4, 0.5) is 11.5 Å². The first-order valence-electron chi connectivity index (χ1n) is 9.26. The number of allylic oxidation sites excluding steroid dienone is 1. The van der Waals surface area contributed by atoms with Crippen molar-refractivity contribution in [3.05, 3.63) is 71.6 Å². The molecule has 0 saturated carbocycles. The van der Waals surface area contributed by atoms with E-state index < -0.39 is 0 Å². The van der Waals surface area contributed by atoms with E-state index in [1.165, 1.54) is 6.33 Å². The van der Waals surface area contributed by atoms with Gasteiger partial charge in [0.1, 0.15) is 18.2 Å². The van der Waals surface area contributed by atoms with Crippen molar-refractivity contribution in [2.45, 2.75) is 6.10 Å². The number of aromatic nitrogens is 2. The second-order valence-corrected chi connectivity index (χ2v) is 7.65. The monoisotopic (exact) mass is 442 g/mol. The summed E-state index contributed by atoms with van der Waals surface area (Å²) in [5.41, 5.74) is 2.38. The summed E-state index contributed by atoms with van der Waals surface area (Å²) in [6, 6.07) is 9.03. The predicted molar refractivity (Wildman–Crippen MR) is 121 cm³/mol. The normalized spacial score (nSPS) is 13.6. The Bertz CT molecular complexity index is 1130. The summed E-state index contributed by atoms with van der Waals surface area (Å²) in [6.07, 6.45) is 3.27. The summed E-state index contributed by atoms with van der Waals surface area (Å²) in [5, 5.41) is 5.02. The number of anilines is 2. The van der Waals surface area contributed by atoms with Crippen LogP contribution < -0.4 is 14.8 Å². The van der Waals surface area contributed by atoms with Gasteiger partial charge in [0.2, 0.25) is 0 Å². The topological polar surface area (TPSA) is 59.5 Å². The van der Waals surface area contributed by atoms with Gasteiger partial charge in [-0.05, 0) is 30.3 Å². The van der Waals surface area contributed by atoms with E-state index >= 15 is 0 Å². The Morgan fingerprint density at radius 3 is 2.67 bits per heavy atom. The molecule has 4 rings (SSSR count). The van der Waals surface area contributed by atoms with E-state index in [4.69, 9.17) is 32.7 Å². The smallest absolute Gasteiger partial charge is 0.162 e. The molecule has 0 radical (unpaired) electrons. The van der Waals surface area contributed by atoms with Crippen molar-refractivity contribution in [3.63, 3.8) is 0 Å². The Balaban J connectivity index is 1.63. The van der Waals surface area contributed by atoms with E-state index in [0.717, 1.165) is 35.4 Å². The summed E-state index contributed by atoms with van der Waals surface area (Å²) >= 11 is 12.1. The Morgan fingerprint density at radius 1 is 1.17 bits per heavy atom. The zero-order valence-electron chi connectivity index (χ0n) is 16.4. The summed E-state index contributed by atoms with van der Waals surface area (Å²) in [5.74, 6) is 1.87. The van der Waals surface area contributed by atoms with Gasteiger partial charge in [0.15, 0.2) is 11.5 Å². The number of hydrogen-bond donors (Lipinski definition) is 1. The molecule has 1 fully saturated rings. The maximum Gasteiger partial charge on any atom is 0.162 e. The fourth-order valence-electron chi connectivity index (χ4n) is 3.18. The van der Waals surface area contributed by atoms with Crippen LogP contribution in [0.1, 0.15) is 0 Å². The lowest BCUT2D eigenvalue weighted by Crippen LogP contribution is -2.52. The third kappa shape index (κ3) is 4.01. The van der Waals surface area contributed by atoms with Crippen LogP contribution in [0.25, 0.3) is 10.9 Å². The number of methoxy groups -OCH3 is 1. The standard InChI is InChI=1S/C22H20Cl2N4O2/c1-4-13(2)28-10-15(11-28)30-21-8-16-19(9-20(21)29-3)25-12-26-22(16)27-14-5-6-17(23)18(24)7-14/h4-9,12,15H,1-2,10-11H2,3H3,(H,25,26,27). The van der Waals surface area contributed by atoms with Crippen molar-refractivity contribution in [3.8, 4) is 11.5 Å². The van der Waals surface area contributed by atoms with Crippen LogP contribution in [0.2, 0.25) is 10.0 Å². The van der Waals surface area contributed by atoms with Gasteiger partial charge in [0, 0.05) is 22.8 Å². The van der Waals surface area contributed by atoms with Gasteiger partial charge >= 0.3 is 0 Å². The molecule has 154 valence electrons. The van der Waals surface area contributed by atoms with Crippen LogP contribution in [-0.2, 0) is 0 Å². The fourth-order valence-corrected chi connectivity index (χ4v) is 3.48. The second-order valence-electron chi connectivity index (χ2n) is 6.84. The van der Waals surface area contributed by atoms with Crippen molar-refractivity contribution < 1.29 is 9.47 Å². The third-order valence-corrected chi connectivity index (χ3v) is 5.63. The van der Waals surface area contributed by atoms with E-state index in [9.17, 15) is 0 Å². The van der Waals surface area contributed by atoms with Crippen LogP contribution in [0, 0.1) is 0 Å². The van der Waals surface area contributed by atoms with E-state index in [-0.39, 0.29) is 6.10 Å². The molecule has 0 atom stereocenters. The highest BCUT2D eigenvalue weighted by Gasteiger charge is 2.29. The molecule has 1 aromatic heterocycles. The highest BCUT2D eigenvalue weighted by atomic mass is 35.5. The van der Waals surface area contributed by atoms with Gasteiger partial charge in [0.25, 0.3) is 0 Å². The minimum Gasteiger partial charge on any atom is -0.493 e. The maximum atomic E-state index is 6.18. The molecule has 1 aliphatic heterocycles. The minimum absolute atomic E-state index is 0.0316. The first-order chi connectivity index (χ1) is 14.5. The molecule has 6 nitrogen and oxygen atoms in total. The molecule has 3 aromatic rings. The van der Waals surface area contributed by atoms with Gasteiger partial charge in [-0.15, -0.1) is 0 Å². The lowest BCUT2D eigenvalue weighted by Gasteiger charge is -2.41. The molecule has 0 unspecified atom stereocenters. The van der Waals surface area contributed by atoms with Crippen molar-refractivity contribution in [2.75, 3.05) is 25.5 Å². The number of hydrogen-bond acceptors (Lipinski definition) is 6. The summed E-state index contributed by atoms with van der Waals surface area (Å²) in [6.45, 7) is 9.19. The number of nitrogens with one attached hydrogen (secondary N) is 1. The van der Waals surface area contributed by atoms with Gasteiger partial charge in [-0.1, -0.05) is 36.4 Å². The lowest BCUT2D eigenvalue weighted by molar-refractivity contribution is 0.0454. The number of fused-ring (bicyclic) bond motifs is 1. The van der Waals surface area contributed by atoms with Crippen LogP contribution in [0.3, 0.4) is 0 Å². The van der Waals surface area contributed by atoms with Crippen molar-refractivity contribution in [1.29, 1.82) is 0 Å². The van der Waals surface area contributed by atoms with Crippen molar-refractivity contribution >= 4 is 45.6 Å². The summed E-state index contributed by atoms with van der Waals surface area (Å²) in [7, 11) is 1.61. The second kappa shape index (κ2) is 8.42. The van der Waals surface area contributed by atoms with E-state index in [0.29, 0.717) is 27.4 Å². The Kier molecular flexibility index (Phi) is 5.70. The predicted octanol–water partition coefficient (Wildman–Crippen LogP) is 5.45. The fraction of sp³-hybridized carbons (Fsp3) is 0.182. The van der Waals surface area contributed by atoms with Crippen LogP contribution in [-0.4, -0.2) is 41.2 Å². The lowest BCUT2D eigenvalue weighted by atomic mass is 10.1. The van der Waals surface area contributed by atoms with E-state index in [2.05, 4.69) is 33.3 Å². The van der Waals surface area contributed by atoms with Crippen molar-refractivity contribution in [2.24, 2.45) is 0 Å². The highest BCUT2D eigenvalue weighted by molar-refractivity contribution is 6.42. The minimum atomic E-state index is 0.0316. The quantitative estimate of drug-likeness (QED) is 0.490. The van der Waals surface area contributed by atoms with Gasteiger partial charge in [-0.3, -0.25) is 0 Å². The molecule has 1 aliphatic rings. The molecular formula is C22H20Cl2N4O2. The molecule has 8 heteroatoms. The first-order valence-corrected chi connectivity index (χ1v) is 10.0. The van der Waals surface area contributed by atoms with Gasteiger partial charge in [0.05, 0.1) is 35.8 Å². The average Bonchev–Trinajstić information content (AvgIpc) is 2.72. The molecule has 30 heavy (non-hydrogen) atoms. The Labute approximate surface area is 184 Å². The van der Waals surface area contributed by atoms with Crippen molar-refractivity contribution in [1.82, 2.24) is 14.9 Å². The molecule has 2 aromatic carbocycles. The molecule has 1 N–H and O–H groups in total. The zero-order chi connectivity index (χ0) is 21.3. The van der Waals surface area contributed by atoms with E-state index in [1.807, 2.05) is 18.2 Å². The number of ether oxygens (including phenoxy) is 2. The third-order valence-electron chi connectivity index (χ3n) is 4.89. The van der Waals surface area contributed by atoms with Crippen LogP contribution in [0.5, 0.6) is 11.5 Å². The zero-order valence-corrected chi connectivity index (χ0v) is 17.9. The van der Waals surface area contributed by atoms with E-state index in [1.54, 1.807) is 25.3 Å².